The first-order chi connectivity index (χ1) is 20.3. The molecular formula is C33H29F4N3O3. The van der Waals surface area contributed by atoms with Crippen LogP contribution >= 0.6 is 0 Å². The van der Waals surface area contributed by atoms with E-state index in [9.17, 15) is 27.5 Å². The number of carboxylic acids is 1. The minimum Gasteiger partial charge on any atom is -0.487 e. The number of imidazole rings is 1. The minimum absolute atomic E-state index is 0.0835. The Morgan fingerprint density at radius 1 is 0.977 bits per heavy atom. The van der Waals surface area contributed by atoms with E-state index in [1.54, 1.807) is 45.2 Å². The Morgan fingerprint density at radius 2 is 1.72 bits per heavy atom. The molecule has 5 rings (SSSR count). The molecule has 0 aliphatic carbocycles. The van der Waals surface area contributed by atoms with Crippen LogP contribution in [0.25, 0.3) is 22.2 Å². The third kappa shape index (κ3) is 6.69. The van der Waals surface area contributed by atoms with Gasteiger partial charge < -0.3 is 14.4 Å². The van der Waals surface area contributed by atoms with Crippen molar-refractivity contribution in [2.75, 3.05) is 0 Å². The fourth-order valence-corrected chi connectivity index (χ4v) is 4.73. The summed E-state index contributed by atoms with van der Waals surface area (Å²) < 4.78 is 61.2. The van der Waals surface area contributed by atoms with E-state index in [1.165, 1.54) is 18.2 Å². The molecule has 0 saturated carbocycles. The fourth-order valence-electron chi connectivity index (χ4n) is 4.73. The number of aryl methyl sites for hydroxylation is 1. The van der Waals surface area contributed by atoms with Gasteiger partial charge in [0.1, 0.15) is 29.7 Å². The lowest BCUT2D eigenvalue weighted by molar-refractivity contribution is -0.147. The average Bonchev–Trinajstić information content (AvgIpc) is 3.27. The van der Waals surface area contributed by atoms with Gasteiger partial charge in [-0.1, -0.05) is 30.3 Å². The second-order valence-electron chi connectivity index (χ2n) is 11.1. The Morgan fingerprint density at radius 3 is 2.40 bits per heavy atom. The summed E-state index contributed by atoms with van der Waals surface area (Å²) in [7, 11) is 0. The number of hydrogen-bond donors (Lipinski definition) is 1. The topological polar surface area (TPSA) is 77.2 Å². The van der Waals surface area contributed by atoms with Crippen molar-refractivity contribution < 1.29 is 32.2 Å². The lowest BCUT2D eigenvalue weighted by Crippen LogP contribution is -2.27. The first-order valence-corrected chi connectivity index (χ1v) is 13.5. The molecule has 5 aromatic rings. The number of alkyl halides is 3. The first-order valence-electron chi connectivity index (χ1n) is 13.5. The molecule has 1 N–H and O–H groups in total. The summed E-state index contributed by atoms with van der Waals surface area (Å²) in [6.07, 6.45) is -2.71. The number of carboxylic acid groups (broad SMARTS) is 1. The van der Waals surface area contributed by atoms with E-state index in [-0.39, 0.29) is 18.7 Å². The smallest absolute Gasteiger partial charge is 0.416 e. The van der Waals surface area contributed by atoms with Crippen molar-refractivity contribution in [1.82, 2.24) is 14.5 Å². The van der Waals surface area contributed by atoms with Gasteiger partial charge in [-0.25, -0.2) is 9.37 Å². The van der Waals surface area contributed by atoms with Gasteiger partial charge in [0.05, 0.1) is 22.0 Å². The zero-order valence-corrected chi connectivity index (χ0v) is 23.7. The lowest BCUT2D eigenvalue weighted by Gasteiger charge is -2.20. The summed E-state index contributed by atoms with van der Waals surface area (Å²) in [5.41, 5.74) is 2.56. The molecule has 0 amide bonds. The molecular weight excluding hydrogens is 562 g/mol. The van der Waals surface area contributed by atoms with E-state index in [0.29, 0.717) is 40.3 Å². The van der Waals surface area contributed by atoms with Gasteiger partial charge >= 0.3 is 12.1 Å². The van der Waals surface area contributed by atoms with Crippen LogP contribution < -0.4 is 4.74 Å². The van der Waals surface area contributed by atoms with Crippen LogP contribution in [0.4, 0.5) is 17.6 Å². The number of carbonyl (C=O) groups is 1. The van der Waals surface area contributed by atoms with Gasteiger partial charge in [0, 0.05) is 25.2 Å². The lowest BCUT2D eigenvalue weighted by atomic mass is 9.89. The maximum Gasteiger partial charge on any atom is 0.416 e. The van der Waals surface area contributed by atoms with Crippen LogP contribution in [0.5, 0.6) is 5.75 Å². The fraction of sp³-hybridized carbons (Fsp3) is 0.242. The Labute approximate surface area is 245 Å². The summed E-state index contributed by atoms with van der Waals surface area (Å²) in [5.74, 6) is -0.423. The standard InChI is InChI=1S/C33H29F4N3O3/c1-20-13-26(34)28(38-17-20)19-43-25-11-12-27-29(15-25)40(30(39-27)16-32(2,3)31(41)42)18-21-5-4-6-23(14-21)22-7-9-24(10-8-22)33(35,36)37/h4-15,17H,16,18-19H2,1-3H3,(H,41,42). The Balaban J connectivity index is 1.49. The molecule has 0 fully saturated rings. The van der Waals surface area contributed by atoms with Gasteiger partial charge in [-0.05, 0) is 79.4 Å². The van der Waals surface area contributed by atoms with Crippen LogP contribution in [-0.4, -0.2) is 25.6 Å². The number of pyridine rings is 1. The zero-order valence-electron chi connectivity index (χ0n) is 23.7. The predicted molar refractivity (Wildman–Crippen MR) is 154 cm³/mol. The summed E-state index contributed by atoms with van der Waals surface area (Å²) in [6.45, 7) is 5.23. The second kappa shape index (κ2) is 11.5. The van der Waals surface area contributed by atoms with Crippen molar-refractivity contribution in [2.45, 2.75) is 46.5 Å². The van der Waals surface area contributed by atoms with E-state index in [4.69, 9.17) is 9.72 Å². The number of aromatic nitrogens is 3. The molecule has 0 aliphatic heterocycles. The summed E-state index contributed by atoms with van der Waals surface area (Å²) >= 11 is 0. The van der Waals surface area contributed by atoms with Gasteiger partial charge in [-0.15, -0.1) is 0 Å². The van der Waals surface area contributed by atoms with Gasteiger partial charge in [-0.3, -0.25) is 9.78 Å². The summed E-state index contributed by atoms with van der Waals surface area (Å²) in [6, 6.07) is 19.0. The van der Waals surface area contributed by atoms with Crippen molar-refractivity contribution in [1.29, 1.82) is 0 Å². The van der Waals surface area contributed by atoms with Crippen LogP contribution in [-0.2, 0) is 30.5 Å². The molecule has 2 heterocycles. The zero-order chi connectivity index (χ0) is 30.9. The molecule has 0 spiro atoms. The number of aliphatic carboxylic acids is 1. The molecule has 0 radical (unpaired) electrons. The largest absolute Gasteiger partial charge is 0.487 e. The molecule has 0 saturated heterocycles. The molecule has 6 nitrogen and oxygen atoms in total. The van der Waals surface area contributed by atoms with E-state index in [2.05, 4.69) is 4.98 Å². The molecule has 10 heteroatoms. The molecule has 43 heavy (non-hydrogen) atoms. The molecule has 3 aromatic carbocycles. The van der Waals surface area contributed by atoms with Crippen molar-refractivity contribution >= 4 is 17.0 Å². The second-order valence-corrected chi connectivity index (χ2v) is 11.1. The van der Waals surface area contributed by atoms with Crippen LogP contribution in [0.1, 0.15) is 42.1 Å². The van der Waals surface area contributed by atoms with E-state index < -0.39 is 28.9 Å². The van der Waals surface area contributed by atoms with Crippen LogP contribution in [0.2, 0.25) is 0 Å². The Hall–Kier alpha value is -4.73. The number of halogens is 4. The van der Waals surface area contributed by atoms with Crippen molar-refractivity contribution in [2.24, 2.45) is 5.41 Å². The molecule has 0 bridgehead atoms. The number of nitrogens with zero attached hydrogens (tertiary/aromatic N) is 3. The van der Waals surface area contributed by atoms with Crippen LogP contribution in [0.15, 0.2) is 79.0 Å². The molecule has 0 unspecified atom stereocenters. The van der Waals surface area contributed by atoms with Crippen molar-refractivity contribution in [3.63, 3.8) is 0 Å². The van der Waals surface area contributed by atoms with Crippen molar-refractivity contribution in [3.8, 4) is 16.9 Å². The normalized spacial score (nSPS) is 12.1. The molecule has 2 aromatic heterocycles. The maximum atomic E-state index is 14.3. The highest BCUT2D eigenvalue weighted by atomic mass is 19.4. The number of hydrogen-bond acceptors (Lipinski definition) is 4. The quantitative estimate of drug-likeness (QED) is 0.177. The summed E-state index contributed by atoms with van der Waals surface area (Å²) in [4.78, 5) is 20.8. The van der Waals surface area contributed by atoms with Gasteiger partial charge in [0.2, 0.25) is 0 Å². The average molecular weight is 592 g/mol. The number of fused-ring (bicyclic) bond motifs is 1. The number of rotatable bonds is 9. The van der Waals surface area contributed by atoms with Crippen LogP contribution in [0.3, 0.4) is 0 Å². The van der Waals surface area contributed by atoms with Gasteiger partial charge in [-0.2, -0.15) is 13.2 Å². The monoisotopic (exact) mass is 591 g/mol. The van der Waals surface area contributed by atoms with Gasteiger partial charge in [0.15, 0.2) is 0 Å². The van der Waals surface area contributed by atoms with E-state index in [0.717, 1.165) is 23.3 Å². The highest BCUT2D eigenvalue weighted by Gasteiger charge is 2.31. The van der Waals surface area contributed by atoms with Crippen molar-refractivity contribution in [3.05, 3.63) is 113 Å². The third-order valence-corrected chi connectivity index (χ3v) is 7.22. The van der Waals surface area contributed by atoms with Gasteiger partial charge in [0.25, 0.3) is 0 Å². The van der Waals surface area contributed by atoms with Crippen LogP contribution in [0, 0.1) is 18.2 Å². The van der Waals surface area contributed by atoms with E-state index >= 15 is 0 Å². The highest BCUT2D eigenvalue weighted by Crippen LogP contribution is 2.32. The Bertz CT molecular complexity index is 1790. The number of benzene rings is 3. The third-order valence-electron chi connectivity index (χ3n) is 7.22. The predicted octanol–water partition coefficient (Wildman–Crippen LogP) is 7.85. The first kappa shape index (κ1) is 29.8. The minimum atomic E-state index is -4.42. The highest BCUT2D eigenvalue weighted by molar-refractivity contribution is 5.79. The summed E-state index contributed by atoms with van der Waals surface area (Å²) in [5, 5.41) is 9.79. The molecule has 0 atom stereocenters. The Kier molecular flexibility index (Phi) is 7.96. The maximum absolute atomic E-state index is 14.3. The van der Waals surface area contributed by atoms with E-state index in [1.807, 2.05) is 28.8 Å². The SMILES string of the molecule is Cc1cnc(COc2ccc3nc(CC(C)(C)C(=O)O)n(Cc4cccc(-c5ccc(C(F)(F)F)cc5)c4)c3c2)c(F)c1. The number of ether oxygens (including phenoxy) is 1. The molecule has 222 valence electrons. The molecule has 0 aliphatic rings.